The van der Waals surface area contributed by atoms with Gasteiger partial charge in [0.25, 0.3) is 5.69 Å². The highest BCUT2D eigenvalue weighted by molar-refractivity contribution is 6.32. The minimum absolute atomic E-state index is 0.0673. The van der Waals surface area contributed by atoms with Crippen LogP contribution in [0.25, 0.3) is 6.08 Å². The standard InChI is InChI=1S/C21H21ClN2O4/c1-28-21-9-6-16(13-17(21)14-23-10-2-3-11-23)20(25)8-5-15-4-7-18(22)19(12-15)24(26)27/h4-9,12-13H,2-3,10-11,14H2,1H3/p+1/b8-5+. The molecule has 1 heterocycles. The normalized spacial score (nSPS) is 14.5. The Bertz CT molecular complexity index is 921. The first-order valence-electron chi connectivity index (χ1n) is 9.15. The maximum Gasteiger partial charge on any atom is 0.288 e. The van der Waals surface area contributed by atoms with Crippen LogP contribution in [-0.4, -0.2) is 30.9 Å². The molecule has 3 rings (SSSR count). The summed E-state index contributed by atoms with van der Waals surface area (Å²) < 4.78 is 5.45. The number of nitrogens with one attached hydrogen (secondary N) is 1. The van der Waals surface area contributed by atoms with E-state index in [-0.39, 0.29) is 16.5 Å². The number of nitro groups is 1. The highest BCUT2D eigenvalue weighted by Crippen LogP contribution is 2.26. The van der Waals surface area contributed by atoms with Crippen molar-refractivity contribution in [2.75, 3.05) is 20.2 Å². The summed E-state index contributed by atoms with van der Waals surface area (Å²) in [6.45, 7) is 3.10. The Balaban J connectivity index is 1.79. The number of nitro benzene ring substituents is 1. The number of likely N-dealkylation sites (tertiary alicyclic amines) is 1. The third-order valence-electron chi connectivity index (χ3n) is 4.91. The first-order valence-corrected chi connectivity index (χ1v) is 9.52. The van der Waals surface area contributed by atoms with Crippen LogP contribution in [0.1, 0.15) is 34.3 Å². The molecule has 1 N–H and O–H groups in total. The number of carbonyl (C=O) groups excluding carboxylic acids is 1. The van der Waals surface area contributed by atoms with E-state index in [2.05, 4.69) is 0 Å². The monoisotopic (exact) mass is 401 g/mol. The number of hydrogen-bond donors (Lipinski definition) is 1. The number of ketones is 1. The van der Waals surface area contributed by atoms with Gasteiger partial charge in [0.05, 0.1) is 25.1 Å². The molecule has 0 aromatic heterocycles. The number of methoxy groups -OCH3 is 1. The van der Waals surface area contributed by atoms with Crippen LogP contribution in [0, 0.1) is 10.1 Å². The van der Waals surface area contributed by atoms with Crippen molar-refractivity contribution in [2.45, 2.75) is 19.4 Å². The lowest BCUT2D eigenvalue weighted by Crippen LogP contribution is -3.08. The number of halogens is 1. The molecule has 1 fully saturated rings. The molecule has 0 radical (unpaired) electrons. The Morgan fingerprint density at radius 3 is 2.68 bits per heavy atom. The van der Waals surface area contributed by atoms with Crippen molar-refractivity contribution in [2.24, 2.45) is 0 Å². The van der Waals surface area contributed by atoms with Crippen molar-refractivity contribution >= 4 is 29.1 Å². The number of carbonyl (C=O) groups is 1. The number of allylic oxidation sites excluding steroid dienone is 1. The van der Waals surface area contributed by atoms with Crippen molar-refractivity contribution in [3.05, 3.63) is 74.3 Å². The first kappa shape index (κ1) is 20.0. The molecule has 28 heavy (non-hydrogen) atoms. The fraction of sp³-hybridized carbons (Fsp3) is 0.286. The molecule has 2 aromatic carbocycles. The van der Waals surface area contributed by atoms with Gasteiger partial charge in [-0.05, 0) is 35.9 Å². The lowest BCUT2D eigenvalue weighted by Gasteiger charge is -2.15. The zero-order chi connectivity index (χ0) is 20.1. The maximum absolute atomic E-state index is 12.6. The van der Waals surface area contributed by atoms with Crippen LogP contribution < -0.4 is 9.64 Å². The van der Waals surface area contributed by atoms with E-state index in [1.165, 1.54) is 36.0 Å². The van der Waals surface area contributed by atoms with E-state index in [0.717, 1.165) is 30.9 Å². The summed E-state index contributed by atoms with van der Waals surface area (Å²) in [4.78, 5) is 24.5. The number of rotatable bonds is 7. The summed E-state index contributed by atoms with van der Waals surface area (Å²) in [7, 11) is 1.63. The molecule has 0 bridgehead atoms. The van der Waals surface area contributed by atoms with Crippen LogP contribution in [0.15, 0.2) is 42.5 Å². The molecule has 6 nitrogen and oxygen atoms in total. The molecule has 146 valence electrons. The minimum atomic E-state index is -0.544. The second-order valence-corrected chi connectivity index (χ2v) is 7.23. The SMILES string of the molecule is COc1ccc(C(=O)/C=C/c2ccc(Cl)c([N+](=O)[O-])c2)cc1C[NH+]1CCCC1. The first-order chi connectivity index (χ1) is 13.5. The fourth-order valence-electron chi connectivity index (χ4n) is 3.43. The van der Waals surface area contributed by atoms with Crippen molar-refractivity contribution in [1.82, 2.24) is 0 Å². The van der Waals surface area contributed by atoms with E-state index >= 15 is 0 Å². The lowest BCUT2D eigenvalue weighted by molar-refractivity contribution is -0.901. The Morgan fingerprint density at radius 1 is 1.25 bits per heavy atom. The van der Waals surface area contributed by atoms with Crippen molar-refractivity contribution in [3.8, 4) is 5.75 Å². The molecule has 1 aliphatic rings. The number of benzene rings is 2. The van der Waals surface area contributed by atoms with Gasteiger partial charge in [-0.3, -0.25) is 14.9 Å². The number of ether oxygens (including phenoxy) is 1. The van der Waals surface area contributed by atoms with E-state index < -0.39 is 4.92 Å². The molecule has 0 atom stereocenters. The van der Waals surface area contributed by atoms with Crippen LogP contribution in [0.2, 0.25) is 5.02 Å². The van der Waals surface area contributed by atoms with E-state index in [9.17, 15) is 14.9 Å². The van der Waals surface area contributed by atoms with Crippen LogP contribution in [-0.2, 0) is 6.54 Å². The van der Waals surface area contributed by atoms with Crippen LogP contribution >= 0.6 is 11.6 Å². The average molecular weight is 402 g/mol. The molecule has 7 heteroatoms. The summed E-state index contributed by atoms with van der Waals surface area (Å²) >= 11 is 5.82. The topological polar surface area (TPSA) is 73.9 Å². The van der Waals surface area contributed by atoms with Crippen molar-refractivity contribution < 1.29 is 19.4 Å². The van der Waals surface area contributed by atoms with Crippen LogP contribution in [0.5, 0.6) is 5.75 Å². The second kappa shape index (κ2) is 8.99. The van der Waals surface area contributed by atoms with Gasteiger partial charge in [0.1, 0.15) is 17.3 Å². The summed E-state index contributed by atoms with van der Waals surface area (Å²) in [6, 6.07) is 9.87. The quantitative estimate of drug-likeness (QED) is 0.334. The predicted molar refractivity (Wildman–Crippen MR) is 108 cm³/mol. The molecule has 0 saturated carbocycles. The summed E-state index contributed by atoms with van der Waals surface area (Å²) in [5.41, 5.74) is 1.94. The molecule has 0 aliphatic carbocycles. The van der Waals surface area contributed by atoms with Gasteiger partial charge in [-0.15, -0.1) is 0 Å². The highest BCUT2D eigenvalue weighted by Gasteiger charge is 2.19. The predicted octanol–water partition coefficient (Wildman–Crippen LogP) is 3.33. The van der Waals surface area contributed by atoms with Gasteiger partial charge in [-0.2, -0.15) is 0 Å². The van der Waals surface area contributed by atoms with Gasteiger partial charge in [-0.1, -0.05) is 23.7 Å². The second-order valence-electron chi connectivity index (χ2n) is 6.83. The molecular weight excluding hydrogens is 380 g/mol. The van der Waals surface area contributed by atoms with Crippen LogP contribution in [0.4, 0.5) is 5.69 Å². The molecule has 0 amide bonds. The molecular formula is C21H22ClN2O4+. The van der Waals surface area contributed by atoms with Gasteiger partial charge in [0, 0.05) is 30.0 Å². The van der Waals surface area contributed by atoms with Crippen molar-refractivity contribution in [3.63, 3.8) is 0 Å². The van der Waals surface area contributed by atoms with Gasteiger partial charge < -0.3 is 9.64 Å². The molecule has 2 aromatic rings. The number of nitrogens with zero attached hydrogens (tertiary/aromatic N) is 1. The minimum Gasteiger partial charge on any atom is -0.496 e. The summed E-state index contributed by atoms with van der Waals surface area (Å²) in [6.07, 6.45) is 5.43. The van der Waals surface area contributed by atoms with E-state index in [4.69, 9.17) is 16.3 Å². The Kier molecular flexibility index (Phi) is 6.44. The van der Waals surface area contributed by atoms with Crippen molar-refractivity contribution in [1.29, 1.82) is 0 Å². The van der Waals surface area contributed by atoms with Crippen LogP contribution in [0.3, 0.4) is 0 Å². The number of hydrogen-bond acceptors (Lipinski definition) is 4. The van der Waals surface area contributed by atoms with E-state index in [0.29, 0.717) is 11.1 Å². The molecule has 0 spiro atoms. The number of quaternary nitrogens is 1. The zero-order valence-electron chi connectivity index (χ0n) is 15.6. The maximum atomic E-state index is 12.6. The van der Waals surface area contributed by atoms with Gasteiger partial charge in [0.2, 0.25) is 0 Å². The molecule has 0 unspecified atom stereocenters. The molecule has 1 saturated heterocycles. The third kappa shape index (κ3) is 4.77. The average Bonchev–Trinajstić information content (AvgIpc) is 3.20. The zero-order valence-corrected chi connectivity index (χ0v) is 16.4. The Hall–Kier alpha value is -2.70. The van der Waals surface area contributed by atoms with E-state index in [1.54, 1.807) is 25.3 Å². The Morgan fingerprint density at radius 2 is 2.00 bits per heavy atom. The highest BCUT2D eigenvalue weighted by atomic mass is 35.5. The summed E-state index contributed by atoms with van der Waals surface area (Å²) in [5, 5.41) is 11.1. The van der Waals surface area contributed by atoms with Gasteiger partial charge in [-0.25, -0.2) is 0 Å². The third-order valence-corrected chi connectivity index (χ3v) is 5.23. The lowest BCUT2D eigenvalue weighted by atomic mass is 10.0. The summed E-state index contributed by atoms with van der Waals surface area (Å²) in [5.74, 6) is 0.617. The largest absolute Gasteiger partial charge is 0.496 e. The van der Waals surface area contributed by atoms with Gasteiger partial charge in [0.15, 0.2) is 5.78 Å². The van der Waals surface area contributed by atoms with E-state index in [1.807, 2.05) is 12.1 Å². The molecule has 1 aliphatic heterocycles. The van der Waals surface area contributed by atoms with Gasteiger partial charge >= 0.3 is 0 Å². The Labute approximate surface area is 168 Å². The fourth-order valence-corrected chi connectivity index (χ4v) is 3.62. The smallest absolute Gasteiger partial charge is 0.288 e.